The molecular formula is C18H24N4O2. The minimum absolute atomic E-state index is 0.349. The van der Waals surface area contributed by atoms with Crippen LogP contribution in [0, 0.1) is 0 Å². The van der Waals surface area contributed by atoms with Gasteiger partial charge in [0.15, 0.2) is 0 Å². The van der Waals surface area contributed by atoms with Crippen molar-refractivity contribution in [3.05, 3.63) is 30.1 Å². The summed E-state index contributed by atoms with van der Waals surface area (Å²) in [6.45, 7) is 0. The number of methoxy groups -OCH3 is 1. The average molecular weight is 328 g/mol. The molecule has 3 rings (SSSR count). The quantitative estimate of drug-likeness (QED) is 0.871. The van der Waals surface area contributed by atoms with Crippen LogP contribution in [0.2, 0.25) is 0 Å². The molecule has 0 unspecified atom stereocenters. The monoisotopic (exact) mass is 328 g/mol. The molecule has 6 nitrogen and oxygen atoms in total. The molecule has 6 heteroatoms. The Kier molecular flexibility index (Phi) is 4.94. The van der Waals surface area contributed by atoms with Crippen molar-refractivity contribution in [2.24, 2.45) is 0 Å². The van der Waals surface area contributed by atoms with E-state index in [0.29, 0.717) is 17.6 Å². The third kappa shape index (κ3) is 3.48. The maximum atomic E-state index is 11.8. The summed E-state index contributed by atoms with van der Waals surface area (Å²) < 4.78 is 4.80. The first-order chi connectivity index (χ1) is 11.6. The first kappa shape index (κ1) is 16.6. The predicted octanol–water partition coefficient (Wildman–Crippen LogP) is 2.70. The second-order valence-electron chi connectivity index (χ2n) is 6.56. The Balaban J connectivity index is 1.80. The number of nitrogens with one attached hydrogen (secondary N) is 1. The molecule has 0 spiro atoms. The molecule has 1 aromatic carbocycles. The lowest BCUT2D eigenvalue weighted by molar-refractivity contribution is 0.0601. The number of aromatic nitrogens is 2. The van der Waals surface area contributed by atoms with Gasteiger partial charge in [-0.2, -0.15) is 0 Å². The van der Waals surface area contributed by atoms with Crippen molar-refractivity contribution >= 4 is 22.7 Å². The lowest BCUT2D eigenvalue weighted by Gasteiger charge is -2.33. The van der Waals surface area contributed by atoms with Gasteiger partial charge in [0, 0.05) is 17.5 Å². The van der Waals surface area contributed by atoms with Crippen LogP contribution in [0.25, 0.3) is 10.9 Å². The van der Waals surface area contributed by atoms with E-state index in [0.717, 1.165) is 29.6 Å². The second-order valence-corrected chi connectivity index (χ2v) is 6.56. The van der Waals surface area contributed by atoms with Crippen molar-refractivity contribution in [1.82, 2.24) is 14.9 Å². The van der Waals surface area contributed by atoms with Crippen LogP contribution in [-0.4, -0.2) is 54.1 Å². The smallest absolute Gasteiger partial charge is 0.337 e. The fourth-order valence-corrected chi connectivity index (χ4v) is 3.35. The van der Waals surface area contributed by atoms with Gasteiger partial charge >= 0.3 is 5.97 Å². The minimum Gasteiger partial charge on any atom is -0.465 e. The molecule has 1 fully saturated rings. The highest BCUT2D eigenvalue weighted by atomic mass is 16.5. The van der Waals surface area contributed by atoms with Gasteiger partial charge < -0.3 is 15.0 Å². The first-order valence-corrected chi connectivity index (χ1v) is 8.34. The Morgan fingerprint density at radius 1 is 1.21 bits per heavy atom. The van der Waals surface area contributed by atoms with Crippen molar-refractivity contribution in [3.8, 4) is 0 Å². The molecule has 0 radical (unpaired) electrons. The van der Waals surface area contributed by atoms with Crippen LogP contribution in [0.3, 0.4) is 0 Å². The number of benzene rings is 1. The van der Waals surface area contributed by atoms with Gasteiger partial charge in [0.25, 0.3) is 0 Å². The standard InChI is InChI=1S/C18H24N4O2/c1-22(2)14-7-5-13(6-8-14)21-17-15-10-12(18(23)24-3)4-9-16(15)19-11-20-17/h4,9-11,13-14H,5-8H2,1-3H3,(H,19,20,21)/t13-,14-. The van der Waals surface area contributed by atoms with Gasteiger partial charge in [-0.1, -0.05) is 0 Å². The molecule has 0 bridgehead atoms. The minimum atomic E-state index is -0.349. The molecule has 2 aromatic rings. The molecule has 128 valence electrons. The van der Waals surface area contributed by atoms with Crippen molar-refractivity contribution in [1.29, 1.82) is 0 Å². The zero-order valence-electron chi connectivity index (χ0n) is 14.5. The fraction of sp³-hybridized carbons (Fsp3) is 0.500. The first-order valence-electron chi connectivity index (χ1n) is 8.34. The number of carbonyl (C=O) groups excluding carboxylic acids is 1. The van der Waals surface area contributed by atoms with Crippen LogP contribution >= 0.6 is 0 Å². The van der Waals surface area contributed by atoms with Crippen molar-refractivity contribution in [2.45, 2.75) is 37.8 Å². The van der Waals surface area contributed by atoms with Crippen LogP contribution in [-0.2, 0) is 4.74 Å². The maximum Gasteiger partial charge on any atom is 0.337 e. The topological polar surface area (TPSA) is 67.3 Å². The summed E-state index contributed by atoms with van der Waals surface area (Å²) in [5.41, 5.74) is 1.33. The van der Waals surface area contributed by atoms with E-state index in [-0.39, 0.29) is 5.97 Å². The molecule has 1 saturated carbocycles. The van der Waals surface area contributed by atoms with Gasteiger partial charge in [0.1, 0.15) is 12.1 Å². The van der Waals surface area contributed by atoms with Gasteiger partial charge in [-0.15, -0.1) is 0 Å². The van der Waals surface area contributed by atoms with E-state index in [9.17, 15) is 4.79 Å². The Bertz CT molecular complexity index is 724. The predicted molar refractivity (Wildman–Crippen MR) is 94.2 cm³/mol. The number of hydrogen-bond acceptors (Lipinski definition) is 6. The van der Waals surface area contributed by atoms with Gasteiger partial charge in [0.2, 0.25) is 0 Å². The van der Waals surface area contributed by atoms with Crippen LogP contribution in [0.15, 0.2) is 24.5 Å². The molecule has 1 N–H and O–H groups in total. The zero-order chi connectivity index (χ0) is 17.1. The highest BCUT2D eigenvalue weighted by molar-refractivity contribution is 5.97. The number of carbonyl (C=O) groups is 1. The van der Waals surface area contributed by atoms with Crippen molar-refractivity contribution in [3.63, 3.8) is 0 Å². The summed E-state index contributed by atoms with van der Waals surface area (Å²) >= 11 is 0. The number of esters is 1. The molecule has 1 heterocycles. The lowest BCUT2D eigenvalue weighted by atomic mass is 9.90. The molecule has 0 amide bonds. The summed E-state index contributed by atoms with van der Waals surface area (Å²) in [4.78, 5) is 22.8. The SMILES string of the molecule is COC(=O)c1ccc2ncnc(N[C@H]3CC[C@H](N(C)C)CC3)c2c1. The summed E-state index contributed by atoms with van der Waals surface area (Å²) in [5.74, 6) is 0.442. The highest BCUT2D eigenvalue weighted by Gasteiger charge is 2.23. The van der Waals surface area contributed by atoms with Crippen LogP contribution < -0.4 is 5.32 Å². The van der Waals surface area contributed by atoms with E-state index in [4.69, 9.17) is 4.74 Å². The summed E-state index contributed by atoms with van der Waals surface area (Å²) in [5, 5.41) is 4.40. The third-order valence-electron chi connectivity index (χ3n) is 4.82. The normalized spacial score (nSPS) is 21.0. The van der Waals surface area contributed by atoms with Crippen molar-refractivity contribution in [2.75, 3.05) is 26.5 Å². The number of fused-ring (bicyclic) bond motifs is 1. The van der Waals surface area contributed by atoms with E-state index in [1.807, 2.05) is 6.07 Å². The molecule has 0 aliphatic heterocycles. The lowest BCUT2D eigenvalue weighted by Crippen LogP contribution is -2.36. The zero-order valence-corrected chi connectivity index (χ0v) is 14.5. The van der Waals surface area contributed by atoms with E-state index in [1.165, 1.54) is 20.0 Å². The van der Waals surface area contributed by atoms with E-state index in [1.54, 1.807) is 18.5 Å². The maximum absolute atomic E-state index is 11.8. The van der Waals surface area contributed by atoms with E-state index in [2.05, 4.69) is 34.3 Å². The molecule has 24 heavy (non-hydrogen) atoms. The van der Waals surface area contributed by atoms with Crippen LogP contribution in [0.5, 0.6) is 0 Å². The third-order valence-corrected chi connectivity index (χ3v) is 4.82. The molecule has 1 aliphatic carbocycles. The van der Waals surface area contributed by atoms with E-state index < -0.39 is 0 Å². The molecule has 1 aromatic heterocycles. The van der Waals surface area contributed by atoms with Gasteiger partial charge in [-0.25, -0.2) is 14.8 Å². The summed E-state index contributed by atoms with van der Waals surface area (Å²) in [6, 6.07) is 6.43. The number of anilines is 1. The Hall–Kier alpha value is -2.21. The van der Waals surface area contributed by atoms with Crippen LogP contribution in [0.4, 0.5) is 5.82 Å². The number of ether oxygens (including phenoxy) is 1. The summed E-state index contributed by atoms with van der Waals surface area (Å²) in [6.07, 6.45) is 6.16. The molecule has 0 saturated heterocycles. The molecular weight excluding hydrogens is 304 g/mol. The number of hydrogen-bond donors (Lipinski definition) is 1. The summed E-state index contributed by atoms with van der Waals surface area (Å²) in [7, 11) is 5.67. The molecule has 0 atom stereocenters. The fourth-order valence-electron chi connectivity index (χ4n) is 3.35. The van der Waals surface area contributed by atoms with Gasteiger partial charge in [-0.3, -0.25) is 0 Å². The van der Waals surface area contributed by atoms with Crippen LogP contribution in [0.1, 0.15) is 36.0 Å². The average Bonchev–Trinajstić information content (AvgIpc) is 2.61. The number of rotatable bonds is 4. The Morgan fingerprint density at radius 2 is 1.96 bits per heavy atom. The number of nitrogens with zero attached hydrogens (tertiary/aromatic N) is 3. The largest absolute Gasteiger partial charge is 0.465 e. The highest BCUT2D eigenvalue weighted by Crippen LogP contribution is 2.27. The Morgan fingerprint density at radius 3 is 2.62 bits per heavy atom. The Labute approximate surface area is 142 Å². The van der Waals surface area contributed by atoms with E-state index >= 15 is 0 Å². The van der Waals surface area contributed by atoms with Gasteiger partial charge in [0.05, 0.1) is 18.2 Å². The molecule has 1 aliphatic rings. The van der Waals surface area contributed by atoms with Gasteiger partial charge in [-0.05, 0) is 58.0 Å². The van der Waals surface area contributed by atoms with Crippen molar-refractivity contribution < 1.29 is 9.53 Å². The second kappa shape index (κ2) is 7.13.